The number of alkyl halides is 2. The van der Waals surface area contributed by atoms with E-state index in [0.717, 1.165) is 12.8 Å². The number of carbonyl (C=O) groups is 1. The normalized spacial score (nSPS) is 30.2. The van der Waals surface area contributed by atoms with E-state index in [-0.39, 0.29) is 11.8 Å². The number of halogens is 2. The van der Waals surface area contributed by atoms with Crippen LogP contribution in [0.4, 0.5) is 0 Å². The lowest BCUT2D eigenvalue weighted by atomic mass is 9.96. The molecule has 1 N–H and O–H groups in total. The summed E-state index contributed by atoms with van der Waals surface area (Å²) in [6, 6.07) is 0.345. The van der Waals surface area contributed by atoms with Crippen LogP contribution in [0.25, 0.3) is 0 Å². The van der Waals surface area contributed by atoms with Crippen LogP contribution in [-0.2, 0) is 4.79 Å². The minimum atomic E-state index is -0.786. The molecule has 1 unspecified atom stereocenters. The molecule has 92 valence electrons. The molecule has 4 heteroatoms. The van der Waals surface area contributed by atoms with Gasteiger partial charge in [-0.2, -0.15) is 0 Å². The molecule has 0 aromatic carbocycles. The number of amides is 1. The van der Waals surface area contributed by atoms with Crippen LogP contribution < -0.4 is 5.32 Å². The van der Waals surface area contributed by atoms with Crippen LogP contribution in [0.2, 0.25) is 0 Å². The average Bonchev–Trinajstić information content (AvgIpc) is 2.80. The standard InChI is InChI=1S/C12H19Cl2NO/c13-12(14)8-10(12)11(16)15-9-6-4-2-1-3-5-7-9/h9-10H,1-8H2,(H,15,16). The third kappa shape index (κ3) is 3.27. The van der Waals surface area contributed by atoms with Crippen LogP contribution in [0.3, 0.4) is 0 Å². The number of hydrogen-bond donors (Lipinski definition) is 1. The first-order valence-electron chi connectivity index (χ1n) is 6.28. The van der Waals surface area contributed by atoms with Crippen molar-refractivity contribution in [3.8, 4) is 0 Å². The van der Waals surface area contributed by atoms with Gasteiger partial charge in [-0.05, 0) is 19.3 Å². The fourth-order valence-electron chi connectivity index (χ4n) is 2.40. The van der Waals surface area contributed by atoms with E-state index in [1.165, 1.54) is 32.1 Å². The van der Waals surface area contributed by atoms with E-state index in [0.29, 0.717) is 12.5 Å². The first-order chi connectivity index (χ1) is 7.59. The highest BCUT2D eigenvalue weighted by molar-refractivity contribution is 6.52. The largest absolute Gasteiger partial charge is 0.353 e. The van der Waals surface area contributed by atoms with E-state index in [4.69, 9.17) is 23.2 Å². The van der Waals surface area contributed by atoms with E-state index >= 15 is 0 Å². The van der Waals surface area contributed by atoms with Crippen molar-refractivity contribution in [1.29, 1.82) is 0 Å². The van der Waals surface area contributed by atoms with E-state index in [1.54, 1.807) is 0 Å². The second kappa shape index (κ2) is 5.14. The molecule has 0 bridgehead atoms. The highest BCUT2D eigenvalue weighted by atomic mass is 35.5. The predicted molar refractivity (Wildman–Crippen MR) is 66.8 cm³/mol. The van der Waals surface area contributed by atoms with Gasteiger partial charge in [0, 0.05) is 6.04 Å². The molecule has 0 radical (unpaired) electrons. The van der Waals surface area contributed by atoms with Gasteiger partial charge in [0.15, 0.2) is 0 Å². The molecule has 2 rings (SSSR count). The zero-order valence-electron chi connectivity index (χ0n) is 9.48. The van der Waals surface area contributed by atoms with Crippen molar-refractivity contribution < 1.29 is 4.79 Å². The van der Waals surface area contributed by atoms with Gasteiger partial charge in [0.2, 0.25) is 5.91 Å². The Hall–Kier alpha value is 0.0500. The molecule has 2 aliphatic carbocycles. The molecule has 0 spiro atoms. The lowest BCUT2D eigenvalue weighted by Gasteiger charge is -2.21. The summed E-state index contributed by atoms with van der Waals surface area (Å²) in [4.78, 5) is 11.8. The average molecular weight is 264 g/mol. The molecular weight excluding hydrogens is 245 g/mol. The van der Waals surface area contributed by atoms with Crippen molar-refractivity contribution in [1.82, 2.24) is 5.32 Å². The van der Waals surface area contributed by atoms with Gasteiger partial charge in [-0.3, -0.25) is 4.79 Å². The lowest BCUT2D eigenvalue weighted by Crippen LogP contribution is -2.37. The zero-order valence-corrected chi connectivity index (χ0v) is 11.0. The van der Waals surface area contributed by atoms with Gasteiger partial charge in [-0.1, -0.05) is 32.1 Å². The van der Waals surface area contributed by atoms with Crippen LogP contribution >= 0.6 is 23.2 Å². The summed E-state index contributed by atoms with van der Waals surface area (Å²) in [5.41, 5.74) is 0. The molecular formula is C12H19Cl2NO. The maximum absolute atomic E-state index is 11.8. The molecule has 0 saturated heterocycles. The van der Waals surface area contributed by atoms with Crippen molar-refractivity contribution in [3.05, 3.63) is 0 Å². The fourth-order valence-corrected chi connectivity index (χ4v) is 2.91. The maximum atomic E-state index is 11.8. The van der Waals surface area contributed by atoms with Crippen LogP contribution in [0.1, 0.15) is 51.4 Å². The summed E-state index contributed by atoms with van der Waals surface area (Å²) in [6.07, 6.45) is 9.21. The molecule has 16 heavy (non-hydrogen) atoms. The summed E-state index contributed by atoms with van der Waals surface area (Å²) in [5.74, 6) is -0.128. The molecule has 2 fully saturated rings. The molecule has 0 aromatic heterocycles. The van der Waals surface area contributed by atoms with Gasteiger partial charge in [0.1, 0.15) is 4.33 Å². The number of nitrogens with one attached hydrogen (secondary N) is 1. The van der Waals surface area contributed by atoms with E-state index < -0.39 is 4.33 Å². The molecule has 2 saturated carbocycles. The van der Waals surface area contributed by atoms with Crippen molar-refractivity contribution in [2.24, 2.45) is 5.92 Å². The summed E-state index contributed by atoms with van der Waals surface area (Å²) >= 11 is 11.8. The van der Waals surface area contributed by atoms with Crippen LogP contribution in [0.15, 0.2) is 0 Å². The third-order valence-electron chi connectivity index (χ3n) is 3.59. The number of rotatable bonds is 2. The Labute approximate surface area is 107 Å². The Morgan fingerprint density at radius 3 is 2.06 bits per heavy atom. The van der Waals surface area contributed by atoms with Gasteiger partial charge in [0.05, 0.1) is 5.92 Å². The van der Waals surface area contributed by atoms with Gasteiger partial charge < -0.3 is 5.32 Å². The Kier molecular flexibility index (Phi) is 4.01. The Morgan fingerprint density at radius 2 is 1.56 bits per heavy atom. The molecule has 0 aliphatic heterocycles. The highest BCUT2D eigenvalue weighted by Crippen LogP contribution is 2.53. The van der Waals surface area contributed by atoms with Crippen molar-refractivity contribution in [3.63, 3.8) is 0 Å². The van der Waals surface area contributed by atoms with Gasteiger partial charge >= 0.3 is 0 Å². The Bertz CT molecular complexity index is 260. The lowest BCUT2D eigenvalue weighted by molar-refractivity contribution is -0.123. The zero-order chi connectivity index (χ0) is 11.6. The summed E-state index contributed by atoms with van der Waals surface area (Å²) in [7, 11) is 0. The number of hydrogen-bond acceptors (Lipinski definition) is 1. The topological polar surface area (TPSA) is 29.1 Å². The molecule has 0 heterocycles. The summed E-state index contributed by atoms with van der Waals surface area (Å²) in [5, 5.41) is 3.10. The second-order valence-electron chi connectivity index (χ2n) is 5.07. The first-order valence-corrected chi connectivity index (χ1v) is 7.03. The second-order valence-corrected chi connectivity index (χ2v) is 6.61. The molecule has 2 aliphatic rings. The highest BCUT2D eigenvalue weighted by Gasteiger charge is 2.56. The molecule has 2 nitrogen and oxygen atoms in total. The monoisotopic (exact) mass is 263 g/mol. The third-order valence-corrected chi connectivity index (χ3v) is 4.43. The van der Waals surface area contributed by atoms with Crippen LogP contribution in [0.5, 0.6) is 0 Å². The summed E-state index contributed by atoms with van der Waals surface area (Å²) < 4.78 is -0.786. The van der Waals surface area contributed by atoms with E-state index in [2.05, 4.69) is 5.32 Å². The van der Waals surface area contributed by atoms with Crippen molar-refractivity contribution >= 4 is 29.1 Å². The first kappa shape index (κ1) is 12.5. The fraction of sp³-hybridized carbons (Fsp3) is 0.917. The summed E-state index contributed by atoms with van der Waals surface area (Å²) in [6.45, 7) is 0. The minimum Gasteiger partial charge on any atom is -0.353 e. The van der Waals surface area contributed by atoms with Crippen LogP contribution in [0, 0.1) is 5.92 Å². The van der Waals surface area contributed by atoms with E-state index in [1.807, 2.05) is 0 Å². The maximum Gasteiger partial charge on any atom is 0.226 e. The van der Waals surface area contributed by atoms with Gasteiger partial charge in [-0.25, -0.2) is 0 Å². The van der Waals surface area contributed by atoms with Gasteiger partial charge in [-0.15, -0.1) is 23.2 Å². The quantitative estimate of drug-likeness (QED) is 0.761. The minimum absolute atomic E-state index is 0.0515. The van der Waals surface area contributed by atoms with Gasteiger partial charge in [0.25, 0.3) is 0 Å². The van der Waals surface area contributed by atoms with Crippen LogP contribution in [-0.4, -0.2) is 16.3 Å². The molecule has 1 atom stereocenters. The Morgan fingerprint density at radius 1 is 1.06 bits per heavy atom. The van der Waals surface area contributed by atoms with E-state index in [9.17, 15) is 4.79 Å². The number of carbonyl (C=O) groups excluding carboxylic acids is 1. The SMILES string of the molecule is O=C(NC1CCCCCCC1)C1CC1(Cl)Cl. The van der Waals surface area contributed by atoms with Crippen molar-refractivity contribution in [2.45, 2.75) is 61.7 Å². The predicted octanol–water partition coefficient (Wildman–Crippen LogP) is 3.41. The molecule has 1 amide bonds. The Balaban J connectivity index is 1.77. The smallest absolute Gasteiger partial charge is 0.226 e. The molecule has 0 aromatic rings. The van der Waals surface area contributed by atoms with Crippen molar-refractivity contribution in [2.75, 3.05) is 0 Å².